The van der Waals surface area contributed by atoms with Crippen molar-refractivity contribution in [2.24, 2.45) is 5.92 Å². The number of non-ortho nitro benzene ring substituents is 1. The molecule has 0 fully saturated rings. The van der Waals surface area contributed by atoms with Crippen LogP contribution in [0.3, 0.4) is 0 Å². The van der Waals surface area contributed by atoms with Gasteiger partial charge in [0.1, 0.15) is 6.61 Å². The molecule has 0 aliphatic heterocycles. The average Bonchev–Trinajstić information content (AvgIpc) is 2.49. The van der Waals surface area contributed by atoms with Gasteiger partial charge in [-0.05, 0) is 24.1 Å². The van der Waals surface area contributed by atoms with Gasteiger partial charge in [-0.15, -0.1) is 0 Å². The Bertz CT molecular complexity index is 579. The fourth-order valence-electron chi connectivity index (χ4n) is 1.73. The van der Waals surface area contributed by atoms with Crippen LogP contribution < -0.4 is 0 Å². The quantitative estimate of drug-likeness (QED) is 0.335. The van der Waals surface area contributed by atoms with Crippen molar-refractivity contribution in [2.45, 2.75) is 26.4 Å². The molecule has 1 aromatic rings. The summed E-state index contributed by atoms with van der Waals surface area (Å²) in [6, 6.07) is 5.32. The van der Waals surface area contributed by atoms with Crippen molar-refractivity contribution in [3.05, 3.63) is 39.9 Å². The van der Waals surface area contributed by atoms with Crippen molar-refractivity contribution < 1.29 is 29.2 Å². The smallest absolute Gasteiger partial charge is 0.375 e. The van der Waals surface area contributed by atoms with E-state index in [2.05, 4.69) is 0 Å². The van der Waals surface area contributed by atoms with Crippen molar-refractivity contribution in [3.8, 4) is 0 Å². The molecule has 0 saturated heterocycles. The highest BCUT2D eigenvalue weighted by Crippen LogP contribution is 2.14. The van der Waals surface area contributed by atoms with Crippen LogP contribution in [-0.2, 0) is 25.7 Å². The number of aliphatic carboxylic acids is 1. The van der Waals surface area contributed by atoms with Crippen molar-refractivity contribution in [1.82, 2.24) is 0 Å². The topological polar surface area (TPSA) is 124 Å². The van der Waals surface area contributed by atoms with E-state index in [1.807, 2.05) is 0 Å². The van der Waals surface area contributed by atoms with Crippen LogP contribution in [0.15, 0.2) is 24.3 Å². The molecule has 0 aliphatic rings. The Morgan fingerprint density at radius 1 is 1.27 bits per heavy atom. The average molecular weight is 309 g/mol. The molecule has 1 N–H and O–H groups in total. The van der Waals surface area contributed by atoms with Crippen LogP contribution in [0.5, 0.6) is 0 Å². The summed E-state index contributed by atoms with van der Waals surface area (Å²) < 4.78 is 4.80. The minimum Gasteiger partial charge on any atom is -0.481 e. The molecular formula is C14H15NO7. The van der Waals surface area contributed by atoms with Gasteiger partial charge in [-0.25, -0.2) is 4.79 Å². The summed E-state index contributed by atoms with van der Waals surface area (Å²) in [5.41, 5.74) is 0.386. The molecule has 118 valence electrons. The summed E-state index contributed by atoms with van der Waals surface area (Å²) in [6.45, 7) is 1.39. The monoisotopic (exact) mass is 309 g/mol. The maximum atomic E-state index is 11.7. The van der Waals surface area contributed by atoms with Gasteiger partial charge < -0.3 is 9.84 Å². The van der Waals surface area contributed by atoms with Gasteiger partial charge in [-0.3, -0.25) is 19.7 Å². The van der Waals surface area contributed by atoms with E-state index >= 15 is 0 Å². The van der Waals surface area contributed by atoms with E-state index < -0.39 is 35.0 Å². The molecule has 0 aromatic heterocycles. The van der Waals surface area contributed by atoms with E-state index in [1.165, 1.54) is 24.3 Å². The fourth-order valence-corrected chi connectivity index (χ4v) is 1.73. The SMILES string of the molecule is CCC(CC(=O)O)C(=O)C(=O)OCc1ccc([N+](=O)[O-])cc1. The molecule has 0 heterocycles. The number of esters is 1. The van der Waals surface area contributed by atoms with Gasteiger partial charge in [0.2, 0.25) is 5.78 Å². The zero-order chi connectivity index (χ0) is 16.7. The summed E-state index contributed by atoms with van der Waals surface area (Å²) >= 11 is 0. The van der Waals surface area contributed by atoms with Crippen LogP contribution in [0.25, 0.3) is 0 Å². The molecule has 0 radical (unpaired) electrons. The van der Waals surface area contributed by atoms with Gasteiger partial charge in [0.25, 0.3) is 5.69 Å². The van der Waals surface area contributed by atoms with Gasteiger partial charge >= 0.3 is 11.9 Å². The second-order valence-electron chi connectivity index (χ2n) is 4.57. The molecule has 1 aromatic carbocycles. The maximum Gasteiger partial charge on any atom is 0.375 e. The molecule has 8 nitrogen and oxygen atoms in total. The third-order valence-electron chi connectivity index (χ3n) is 3.00. The van der Waals surface area contributed by atoms with Gasteiger partial charge in [-0.2, -0.15) is 0 Å². The zero-order valence-corrected chi connectivity index (χ0v) is 11.9. The molecule has 0 bridgehead atoms. The maximum absolute atomic E-state index is 11.7. The first-order valence-corrected chi connectivity index (χ1v) is 6.51. The Morgan fingerprint density at radius 2 is 1.86 bits per heavy atom. The first-order valence-electron chi connectivity index (χ1n) is 6.51. The highest BCUT2D eigenvalue weighted by Gasteiger charge is 2.27. The lowest BCUT2D eigenvalue weighted by molar-refractivity contribution is -0.384. The Kier molecular flexibility index (Phi) is 6.18. The minimum absolute atomic E-state index is 0.0985. The fraction of sp³-hybridized carbons (Fsp3) is 0.357. The molecule has 1 atom stereocenters. The number of carbonyl (C=O) groups is 3. The number of nitrogens with zero attached hydrogens (tertiary/aromatic N) is 1. The number of benzene rings is 1. The van der Waals surface area contributed by atoms with E-state index in [9.17, 15) is 24.5 Å². The molecule has 22 heavy (non-hydrogen) atoms. The van der Waals surface area contributed by atoms with Gasteiger partial charge in [0.15, 0.2) is 0 Å². The number of ketones is 1. The second-order valence-corrected chi connectivity index (χ2v) is 4.57. The summed E-state index contributed by atoms with van der Waals surface area (Å²) in [5, 5.41) is 19.2. The molecule has 0 aliphatic carbocycles. The predicted molar refractivity (Wildman–Crippen MR) is 73.9 cm³/mol. The minimum atomic E-state index is -1.16. The van der Waals surface area contributed by atoms with Gasteiger partial charge in [-0.1, -0.05) is 6.92 Å². The Morgan fingerprint density at radius 3 is 2.32 bits per heavy atom. The number of nitro benzene ring substituents is 1. The van der Waals surface area contributed by atoms with E-state index in [-0.39, 0.29) is 18.7 Å². The lowest BCUT2D eigenvalue weighted by atomic mass is 9.97. The van der Waals surface area contributed by atoms with Gasteiger partial charge in [0.05, 0.1) is 11.3 Å². The largest absolute Gasteiger partial charge is 0.481 e. The number of ether oxygens (including phenoxy) is 1. The molecule has 0 spiro atoms. The molecule has 1 rings (SSSR count). The van der Waals surface area contributed by atoms with Crippen LogP contribution in [0.4, 0.5) is 5.69 Å². The molecule has 0 saturated carbocycles. The van der Waals surface area contributed by atoms with Crippen LogP contribution in [0, 0.1) is 16.0 Å². The highest BCUT2D eigenvalue weighted by atomic mass is 16.6. The Labute approximate surface area is 125 Å². The third kappa shape index (κ3) is 4.97. The van der Waals surface area contributed by atoms with E-state index in [1.54, 1.807) is 6.92 Å². The summed E-state index contributed by atoms with van der Waals surface area (Å²) in [6.07, 6.45) is -0.209. The standard InChI is InChI=1S/C14H15NO7/c1-2-10(7-12(16)17)13(18)14(19)22-8-9-3-5-11(6-4-9)15(20)21/h3-6,10H,2,7-8H2,1H3,(H,16,17). The third-order valence-corrected chi connectivity index (χ3v) is 3.00. The van der Waals surface area contributed by atoms with E-state index in [4.69, 9.17) is 9.84 Å². The van der Waals surface area contributed by atoms with Gasteiger partial charge in [0, 0.05) is 18.1 Å². The lowest BCUT2D eigenvalue weighted by Gasteiger charge is -2.10. The van der Waals surface area contributed by atoms with Crippen molar-refractivity contribution in [3.63, 3.8) is 0 Å². The summed E-state index contributed by atoms with van der Waals surface area (Å²) in [4.78, 5) is 43.9. The predicted octanol–water partition coefficient (Wildman–Crippen LogP) is 1.71. The molecular weight excluding hydrogens is 294 g/mol. The molecule has 0 amide bonds. The first kappa shape index (κ1) is 17.3. The van der Waals surface area contributed by atoms with Crippen LogP contribution >= 0.6 is 0 Å². The Balaban J connectivity index is 2.59. The first-order chi connectivity index (χ1) is 10.3. The number of carbonyl (C=O) groups excluding carboxylic acids is 2. The van der Waals surface area contributed by atoms with Crippen LogP contribution in [0.1, 0.15) is 25.3 Å². The molecule has 8 heteroatoms. The van der Waals surface area contributed by atoms with Crippen molar-refractivity contribution in [2.75, 3.05) is 0 Å². The molecule has 1 unspecified atom stereocenters. The number of carboxylic acid groups (broad SMARTS) is 1. The number of carboxylic acids is 1. The zero-order valence-electron chi connectivity index (χ0n) is 11.9. The Hall–Kier alpha value is -2.77. The lowest BCUT2D eigenvalue weighted by Crippen LogP contribution is -2.27. The van der Waals surface area contributed by atoms with Crippen molar-refractivity contribution >= 4 is 23.4 Å². The second kappa shape index (κ2) is 7.87. The number of hydrogen-bond acceptors (Lipinski definition) is 6. The van der Waals surface area contributed by atoms with Crippen molar-refractivity contribution in [1.29, 1.82) is 0 Å². The summed E-state index contributed by atoms with van der Waals surface area (Å²) in [7, 11) is 0. The highest BCUT2D eigenvalue weighted by molar-refractivity contribution is 6.34. The van der Waals surface area contributed by atoms with E-state index in [0.717, 1.165) is 0 Å². The van der Waals surface area contributed by atoms with E-state index in [0.29, 0.717) is 5.56 Å². The summed E-state index contributed by atoms with van der Waals surface area (Å²) in [5.74, 6) is -4.07. The normalized spacial score (nSPS) is 11.5. The number of hydrogen-bond donors (Lipinski definition) is 1. The van der Waals surface area contributed by atoms with Crippen LogP contribution in [-0.4, -0.2) is 27.8 Å². The number of rotatable bonds is 8. The van der Waals surface area contributed by atoms with Crippen LogP contribution in [0.2, 0.25) is 0 Å². The number of nitro groups is 1. The number of Topliss-reactive ketones (excluding diaryl/α,β-unsaturated/α-hetero) is 1.